The second-order valence-electron chi connectivity index (χ2n) is 9.51. The monoisotopic (exact) mass is 473 g/mol. The number of methoxy groups -OCH3 is 1. The van der Waals surface area contributed by atoms with Crippen LogP contribution in [0.5, 0.6) is 5.75 Å². The first-order valence-electron chi connectivity index (χ1n) is 12.3. The van der Waals surface area contributed by atoms with Crippen LogP contribution in [0.25, 0.3) is 4.91 Å². The average molecular weight is 474 g/mol. The Kier molecular flexibility index (Phi) is 5.80. The molecule has 0 spiro atoms. The Morgan fingerprint density at radius 2 is 1.85 bits per heavy atom. The zero-order valence-corrected chi connectivity index (χ0v) is 20.4. The molecule has 2 aliphatic heterocycles. The van der Waals surface area contributed by atoms with Crippen molar-refractivity contribution in [3.05, 3.63) is 94.8 Å². The number of piperidine rings is 1. The number of nitrogens with zero attached hydrogens (tertiary/aromatic N) is 1. The summed E-state index contributed by atoms with van der Waals surface area (Å²) in [4.78, 5) is 3.69. The van der Waals surface area contributed by atoms with Crippen LogP contribution in [0, 0.1) is 5.92 Å². The highest BCUT2D eigenvalue weighted by Crippen LogP contribution is 2.62. The minimum Gasteiger partial charge on any atom is -0.497 e. The number of rotatable bonds is 6. The molecule has 0 bridgehead atoms. The van der Waals surface area contributed by atoms with Gasteiger partial charge in [0, 0.05) is 28.2 Å². The Bertz CT molecular complexity index is 1160. The van der Waals surface area contributed by atoms with Gasteiger partial charge in [0.1, 0.15) is 23.7 Å². The molecule has 3 atom stereocenters. The molecule has 0 radical (unpaired) electrons. The van der Waals surface area contributed by atoms with Gasteiger partial charge in [0.05, 0.1) is 7.11 Å². The van der Waals surface area contributed by atoms with Gasteiger partial charge in [0.15, 0.2) is 0 Å². The van der Waals surface area contributed by atoms with E-state index in [0.29, 0.717) is 6.61 Å². The van der Waals surface area contributed by atoms with Crippen LogP contribution in [0.15, 0.2) is 78.1 Å². The first-order valence-corrected chi connectivity index (χ1v) is 13.2. The van der Waals surface area contributed by atoms with Gasteiger partial charge in [-0.3, -0.25) is 4.90 Å². The predicted octanol–water partition coefficient (Wildman–Crippen LogP) is 5.34. The van der Waals surface area contributed by atoms with Crippen LogP contribution in [0.1, 0.15) is 36.0 Å². The SMILES string of the molecule is COC1=CC2SC3=C(C2C=C1)C(O)(c1ccc(OCCN2CCCCC2)cc1)c1ccccc13. The van der Waals surface area contributed by atoms with Crippen LogP contribution in [0.4, 0.5) is 0 Å². The molecule has 176 valence electrons. The molecule has 2 aliphatic carbocycles. The molecule has 3 unspecified atom stereocenters. The first-order chi connectivity index (χ1) is 16.7. The van der Waals surface area contributed by atoms with Crippen molar-refractivity contribution in [3.63, 3.8) is 0 Å². The minimum atomic E-state index is -1.15. The van der Waals surface area contributed by atoms with Crippen molar-refractivity contribution in [2.45, 2.75) is 30.1 Å². The molecule has 1 N–H and O–H groups in total. The maximum Gasteiger partial charge on any atom is 0.139 e. The van der Waals surface area contributed by atoms with E-state index in [1.807, 2.05) is 48.2 Å². The standard InChI is InChI=1S/C29H31NO3S/c1-32-22-13-14-24-26(19-22)34-28-23-7-3-4-8-25(23)29(31,27(24)28)20-9-11-21(12-10-20)33-18-17-30-15-5-2-6-16-30/h3-4,7-14,19,24,26,31H,2,5-6,15-18H2,1H3. The van der Waals surface area contributed by atoms with Gasteiger partial charge < -0.3 is 14.6 Å². The van der Waals surface area contributed by atoms with E-state index >= 15 is 0 Å². The number of benzene rings is 2. The van der Waals surface area contributed by atoms with Gasteiger partial charge in [-0.05, 0) is 66.9 Å². The number of hydrogen-bond donors (Lipinski definition) is 1. The normalized spacial score (nSPS) is 27.8. The molecule has 2 aromatic rings. The highest BCUT2D eigenvalue weighted by molar-refractivity contribution is 8.09. The number of likely N-dealkylation sites (tertiary alicyclic amines) is 1. The van der Waals surface area contributed by atoms with Crippen molar-refractivity contribution in [2.24, 2.45) is 5.92 Å². The van der Waals surface area contributed by atoms with Crippen LogP contribution in [-0.2, 0) is 10.3 Å². The topological polar surface area (TPSA) is 41.9 Å². The number of aliphatic hydroxyl groups is 1. The molecule has 5 heteroatoms. The summed E-state index contributed by atoms with van der Waals surface area (Å²) in [6, 6.07) is 16.3. The zero-order valence-electron chi connectivity index (χ0n) is 19.6. The van der Waals surface area contributed by atoms with E-state index in [1.54, 1.807) is 7.11 Å². The lowest BCUT2D eigenvalue weighted by molar-refractivity contribution is 0.116. The largest absolute Gasteiger partial charge is 0.497 e. The fourth-order valence-corrected chi connectivity index (χ4v) is 7.38. The summed E-state index contributed by atoms with van der Waals surface area (Å²) in [6.45, 7) is 4.03. The minimum absolute atomic E-state index is 0.136. The van der Waals surface area contributed by atoms with Gasteiger partial charge in [-0.1, -0.05) is 48.9 Å². The Labute approximate surface area is 206 Å². The van der Waals surface area contributed by atoms with Gasteiger partial charge in [0.25, 0.3) is 0 Å². The second-order valence-corrected chi connectivity index (χ2v) is 10.7. The fourth-order valence-electron chi connectivity index (χ4n) is 5.82. The maximum atomic E-state index is 12.4. The molecule has 1 fully saturated rings. The molecular formula is C29H31NO3S. The van der Waals surface area contributed by atoms with E-state index in [1.165, 1.54) is 37.3 Å². The summed E-state index contributed by atoms with van der Waals surface area (Å²) in [5.41, 5.74) is 2.95. The van der Waals surface area contributed by atoms with Gasteiger partial charge >= 0.3 is 0 Å². The van der Waals surface area contributed by atoms with E-state index in [9.17, 15) is 5.11 Å². The highest BCUT2D eigenvalue weighted by Gasteiger charge is 2.53. The maximum absolute atomic E-state index is 12.4. The van der Waals surface area contributed by atoms with Gasteiger partial charge in [-0.25, -0.2) is 0 Å². The Hall–Kier alpha value is -2.47. The zero-order chi connectivity index (χ0) is 23.1. The van der Waals surface area contributed by atoms with Crippen LogP contribution in [0.3, 0.4) is 0 Å². The lowest BCUT2D eigenvalue weighted by Crippen LogP contribution is -2.33. The van der Waals surface area contributed by atoms with E-state index < -0.39 is 5.60 Å². The first kappa shape index (κ1) is 22.0. The highest BCUT2D eigenvalue weighted by atomic mass is 32.2. The summed E-state index contributed by atoms with van der Waals surface area (Å²) in [7, 11) is 1.71. The Morgan fingerprint density at radius 3 is 2.65 bits per heavy atom. The van der Waals surface area contributed by atoms with Gasteiger partial charge in [0.2, 0.25) is 0 Å². The van der Waals surface area contributed by atoms with Crippen LogP contribution in [0.2, 0.25) is 0 Å². The van der Waals surface area contributed by atoms with Crippen LogP contribution in [-0.4, -0.2) is 48.6 Å². The number of fused-ring (bicyclic) bond motifs is 4. The van der Waals surface area contributed by atoms with E-state index in [-0.39, 0.29) is 11.2 Å². The molecule has 6 rings (SSSR count). The lowest BCUT2D eigenvalue weighted by atomic mass is 9.76. The average Bonchev–Trinajstić information content (AvgIpc) is 3.39. The summed E-state index contributed by atoms with van der Waals surface area (Å²) >= 11 is 1.83. The van der Waals surface area contributed by atoms with E-state index in [4.69, 9.17) is 9.47 Å². The van der Waals surface area contributed by atoms with E-state index in [2.05, 4.69) is 35.3 Å². The number of hydrogen-bond acceptors (Lipinski definition) is 5. The molecule has 4 aliphatic rings. The number of thioether (sulfide) groups is 1. The predicted molar refractivity (Wildman–Crippen MR) is 138 cm³/mol. The molecule has 34 heavy (non-hydrogen) atoms. The van der Waals surface area contributed by atoms with Crippen molar-refractivity contribution in [2.75, 3.05) is 33.4 Å². The van der Waals surface area contributed by atoms with Crippen LogP contribution < -0.4 is 4.74 Å². The number of ether oxygens (including phenoxy) is 2. The molecule has 0 saturated carbocycles. The van der Waals surface area contributed by atoms with Crippen molar-refractivity contribution in [1.82, 2.24) is 4.90 Å². The van der Waals surface area contributed by atoms with Crippen molar-refractivity contribution >= 4 is 16.7 Å². The third-order valence-electron chi connectivity index (χ3n) is 7.57. The quantitative estimate of drug-likeness (QED) is 0.613. The number of allylic oxidation sites excluding steroid dienone is 2. The third kappa shape index (κ3) is 3.62. The molecular weight excluding hydrogens is 442 g/mol. The van der Waals surface area contributed by atoms with Crippen LogP contribution >= 0.6 is 11.8 Å². The molecule has 0 aromatic heterocycles. The Morgan fingerprint density at radius 1 is 1.06 bits per heavy atom. The van der Waals surface area contributed by atoms with Gasteiger partial charge in [-0.15, -0.1) is 11.8 Å². The van der Waals surface area contributed by atoms with Crippen molar-refractivity contribution in [3.8, 4) is 5.75 Å². The smallest absolute Gasteiger partial charge is 0.139 e. The summed E-state index contributed by atoms with van der Waals surface area (Å²) < 4.78 is 11.5. The summed E-state index contributed by atoms with van der Waals surface area (Å²) in [5, 5.41) is 12.6. The molecule has 4 nitrogen and oxygen atoms in total. The van der Waals surface area contributed by atoms with Crippen molar-refractivity contribution in [1.29, 1.82) is 0 Å². The molecule has 1 saturated heterocycles. The van der Waals surface area contributed by atoms with E-state index in [0.717, 1.165) is 40.3 Å². The molecule has 0 amide bonds. The van der Waals surface area contributed by atoms with Gasteiger partial charge in [-0.2, -0.15) is 0 Å². The summed E-state index contributed by atoms with van der Waals surface area (Å²) in [5.74, 6) is 1.88. The lowest BCUT2D eigenvalue weighted by Gasteiger charge is -2.33. The fraction of sp³-hybridized carbons (Fsp3) is 0.379. The third-order valence-corrected chi connectivity index (χ3v) is 8.94. The molecule has 2 aromatic carbocycles. The van der Waals surface area contributed by atoms with Crippen molar-refractivity contribution < 1.29 is 14.6 Å². The second kappa shape index (κ2) is 8.95. The summed E-state index contributed by atoms with van der Waals surface area (Å²) in [6.07, 6.45) is 10.3. The Balaban J connectivity index is 1.26. The molecule has 2 heterocycles.